The summed E-state index contributed by atoms with van der Waals surface area (Å²) in [6.07, 6.45) is 38.4. The Morgan fingerprint density at radius 2 is 0.725 bits per heavy atom. The third kappa shape index (κ3) is 41.9. The number of aliphatic carboxylic acids is 1. The molecule has 0 aromatic carbocycles. The number of unbranched alkanes of at least 4 members (excludes halogenated alkanes) is 25. The molecule has 3 N–H and O–H groups in total. The van der Waals surface area contributed by atoms with Crippen molar-refractivity contribution in [1.82, 2.24) is 0 Å². The number of carbonyl (C=O) groups is 1. The van der Waals surface area contributed by atoms with E-state index in [0.29, 0.717) is 13.0 Å². The molecule has 0 saturated carbocycles. The lowest BCUT2D eigenvalue weighted by Gasteiger charge is -2.10. The van der Waals surface area contributed by atoms with E-state index in [1.807, 2.05) is 0 Å². The maximum atomic E-state index is 10.3. The fourth-order valence-corrected chi connectivity index (χ4v) is 5.33. The highest BCUT2D eigenvalue weighted by molar-refractivity contribution is 5.66. The molecule has 0 aliphatic carbocycles. The summed E-state index contributed by atoms with van der Waals surface area (Å²) in [5.74, 6) is -0.678. The average Bonchev–Trinajstić information content (AvgIpc) is 2.94. The molecule has 0 spiro atoms. The Balaban J connectivity index is 0. The first-order chi connectivity index (χ1) is 19.6. The fourth-order valence-electron chi connectivity index (χ4n) is 5.33. The normalized spacial score (nSPS) is 11.8. The summed E-state index contributed by atoms with van der Waals surface area (Å²) in [5, 5.41) is 27.0. The van der Waals surface area contributed by atoms with Crippen molar-refractivity contribution in [2.75, 3.05) is 6.61 Å². The molecule has 0 aliphatic heterocycles. The molecular weight excluding hydrogens is 496 g/mol. The topological polar surface area (TPSA) is 77.8 Å². The summed E-state index contributed by atoms with van der Waals surface area (Å²) in [4.78, 5) is 10.3. The second-order valence-electron chi connectivity index (χ2n) is 12.3. The van der Waals surface area contributed by atoms with Gasteiger partial charge in [-0.1, -0.05) is 181 Å². The summed E-state index contributed by atoms with van der Waals surface area (Å²) in [6.45, 7) is 4.87. The minimum absolute atomic E-state index is 0.0853. The number of aliphatic hydroxyl groups excluding tert-OH is 2. The Morgan fingerprint density at radius 3 is 1.05 bits per heavy atom. The molecule has 0 amide bonds. The van der Waals surface area contributed by atoms with Gasteiger partial charge in [0.05, 0.1) is 6.10 Å². The number of hydrogen-bond acceptors (Lipinski definition) is 3. The molecule has 4 nitrogen and oxygen atoms in total. The quantitative estimate of drug-likeness (QED) is 0.0703. The van der Waals surface area contributed by atoms with Crippen molar-refractivity contribution in [3.8, 4) is 0 Å². The number of hydrogen-bond donors (Lipinski definition) is 3. The average molecular weight is 571 g/mol. The SMILES string of the molecule is CCCCCCC(O)CCCCCCCCCCC(=O)O.CCCCCCCCCCCCCCCCCCO. The minimum Gasteiger partial charge on any atom is -0.481 e. The highest BCUT2D eigenvalue weighted by atomic mass is 16.4. The molecule has 0 saturated heterocycles. The van der Waals surface area contributed by atoms with E-state index in [9.17, 15) is 9.90 Å². The molecule has 1 atom stereocenters. The van der Waals surface area contributed by atoms with Crippen LogP contribution >= 0.6 is 0 Å². The van der Waals surface area contributed by atoms with Crippen LogP contribution in [0.4, 0.5) is 0 Å². The predicted octanol–water partition coefficient (Wildman–Crippen LogP) is 11.5. The van der Waals surface area contributed by atoms with Gasteiger partial charge in [0.15, 0.2) is 0 Å². The van der Waals surface area contributed by atoms with Gasteiger partial charge >= 0.3 is 5.97 Å². The van der Waals surface area contributed by atoms with E-state index in [1.165, 1.54) is 148 Å². The lowest BCUT2D eigenvalue weighted by molar-refractivity contribution is -0.137. The van der Waals surface area contributed by atoms with Crippen LogP contribution in [0.5, 0.6) is 0 Å². The summed E-state index contributed by atoms with van der Waals surface area (Å²) < 4.78 is 0. The van der Waals surface area contributed by atoms with E-state index in [-0.39, 0.29) is 6.10 Å². The lowest BCUT2D eigenvalue weighted by Crippen LogP contribution is -2.05. The van der Waals surface area contributed by atoms with Gasteiger partial charge in [0.25, 0.3) is 0 Å². The zero-order chi connectivity index (χ0) is 29.8. The van der Waals surface area contributed by atoms with E-state index in [2.05, 4.69) is 13.8 Å². The van der Waals surface area contributed by atoms with Gasteiger partial charge in [-0.25, -0.2) is 0 Å². The van der Waals surface area contributed by atoms with Crippen molar-refractivity contribution in [2.24, 2.45) is 0 Å². The summed E-state index contributed by atoms with van der Waals surface area (Å²) in [7, 11) is 0. The van der Waals surface area contributed by atoms with E-state index >= 15 is 0 Å². The molecule has 242 valence electrons. The van der Waals surface area contributed by atoms with Gasteiger partial charge in [-0.3, -0.25) is 4.79 Å². The van der Waals surface area contributed by atoms with Crippen LogP contribution < -0.4 is 0 Å². The molecule has 40 heavy (non-hydrogen) atoms. The zero-order valence-electron chi connectivity index (χ0n) is 27.5. The van der Waals surface area contributed by atoms with Gasteiger partial charge in [0.1, 0.15) is 0 Å². The first kappa shape index (κ1) is 41.5. The van der Waals surface area contributed by atoms with Crippen LogP contribution in [0.15, 0.2) is 0 Å². The van der Waals surface area contributed by atoms with Crippen molar-refractivity contribution in [3.63, 3.8) is 0 Å². The molecular formula is C36H74O4. The minimum atomic E-state index is -0.678. The van der Waals surface area contributed by atoms with E-state index in [0.717, 1.165) is 44.9 Å². The van der Waals surface area contributed by atoms with Crippen LogP contribution in [0, 0.1) is 0 Å². The summed E-state index contributed by atoms with van der Waals surface area (Å²) in [5.41, 5.74) is 0. The molecule has 0 radical (unpaired) electrons. The summed E-state index contributed by atoms with van der Waals surface area (Å²) >= 11 is 0. The second kappa shape index (κ2) is 38.4. The van der Waals surface area contributed by atoms with Crippen LogP contribution in [0.1, 0.15) is 213 Å². The molecule has 0 aromatic heterocycles. The summed E-state index contributed by atoms with van der Waals surface area (Å²) in [6, 6.07) is 0. The van der Waals surface area contributed by atoms with Crippen LogP contribution in [-0.4, -0.2) is 34.0 Å². The fraction of sp³-hybridized carbons (Fsp3) is 0.972. The Labute approximate surface area is 251 Å². The lowest BCUT2D eigenvalue weighted by atomic mass is 10.0. The van der Waals surface area contributed by atoms with Gasteiger partial charge < -0.3 is 15.3 Å². The molecule has 0 aliphatic rings. The van der Waals surface area contributed by atoms with Crippen molar-refractivity contribution in [2.45, 2.75) is 219 Å². The highest BCUT2D eigenvalue weighted by Crippen LogP contribution is 2.15. The zero-order valence-corrected chi connectivity index (χ0v) is 27.5. The van der Waals surface area contributed by atoms with E-state index in [1.54, 1.807) is 0 Å². The van der Waals surface area contributed by atoms with Crippen molar-refractivity contribution < 1.29 is 20.1 Å². The first-order valence-corrected chi connectivity index (χ1v) is 18.1. The van der Waals surface area contributed by atoms with Crippen LogP contribution in [0.25, 0.3) is 0 Å². The number of rotatable bonds is 32. The maximum absolute atomic E-state index is 10.3. The van der Waals surface area contributed by atoms with Crippen LogP contribution in [0.2, 0.25) is 0 Å². The van der Waals surface area contributed by atoms with E-state index in [4.69, 9.17) is 10.2 Å². The molecule has 0 bridgehead atoms. The molecule has 0 fully saturated rings. The Morgan fingerprint density at radius 1 is 0.450 bits per heavy atom. The van der Waals surface area contributed by atoms with E-state index < -0.39 is 5.97 Å². The van der Waals surface area contributed by atoms with Gasteiger partial charge in [-0.2, -0.15) is 0 Å². The van der Waals surface area contributed by atoms with Crippen molar-refractivity contribution in [1.29, 1.82) is 0 Å². The molecule has 0 rings (SSSR count). The predicted molar refractivity (Wildman–Crippen MR) is 175 cm³/mol. The smallest absolute Gasteiger partial charge is 0.303 e. The number of aliphatic hydroxyl groups is 2. The van der Waals surface area contributed by atoms with Crippen LogP contribution in [-0.2, 0) is 4.79 Å². The van der Waals surface area contributed by atoms with Gasteiger partial charge in [-0.15, -0.1) is 0 Å². The van der Waals surface area contributed by atoms with Gasteiger partial charge in [0.2, 0.25) is 0 Å². The van der Waals surface area contributed by atoms with Crippen LogP contribution in [0.3, 0.4) is 0 Å². The standard InChI is InChI=1S/C18H36O3.C18H38O/c1-2-3-4-11-14-17(19)15-12-9-7-5-6-8-10-13-16-18(20)21;1-2-3-4-5-6-7-8-9-10-11-12-13-14-15-16-17-18-19/h17,19H,2-16H2,1H3,(H,20,21);19H,2-18H2,1H3. The maximum Gasteiger partial charge on any atom is 0.303 e. The molecule has 4 heteroatoms. The second-order valence-corrected chi connectivity index (χ2v) is 12.3. The van der Waals surface area contributed by atoms with Gasteiger partial charge in [-0.05, 0) is 25.7 Å². The third-order valence-corrected chi connectivity index (χ3v) is 8.08. The Kier molecular flexibility index (Phi) is 39.9. The van der Waals surface area contributed by atoms with Crippen molar-refractivity contribution >= 4 is 5.97 Å². The number of carboxylic acids is 1. The third-order valence-electron chi connectivity index (χ3n) is 8.08. The largest absolute Gasteiger partial charge is 0.481 e. The monoisotopic (exact) mass is 571 g/mol. The highest BCUT2D eigenvalue weighted by Gasteiger charge is 2.03. The number of carboxylic acid groups (broad SMARTS) is 1. The molecule has 0 aromatic rings. The Hall–Kier alpha value is -0.610. The van der Waals surface area contributed by atoms with Crippen molar-refractivity contribution in [3.05, 3.63) is 0 Å². The Bertz CT molecular complexity index is 438. The molecule has 1 unspecified atom stereocenters. The molecule has 0 heterocycles. The van der Waals surface area contributed by atoms with Gasteiger partial charge in [0, 0.05) is 13.0 Å². The first-order valence-electron chi connectivity index (χ1n) is 18.1.